The fraction of sp³-hybridized carbons (Fsp3) is 0.917. The van der Waals surface area contributed by atoms with Crippen LogP contribution in [0.15, 0.2) is 0 Å². The van der Waals surface area contributed by atoms with Gasteiger partial charge >= 0.3 is 0 Å². The van der Waals surface area contributed by atoms with Crippen LogP contribution < -0.4 is 0 Å². The first-order valence-corrected chi connectivity index (χ1v) is 6.02. The number of aliphatic hydroxyl groups excluding tert-OH is 1. The van der Waals surface area contributed by atoms with Crippen LogP contribution >= 0.6 is 0 Å². The van der Waals surface area contributed by atoms with Gasteiger partial charge in [-0.2, -0.15) is 0 Å². The molecule has 1 saturated heterocycles. The number of carbonyl (C=O) groups excluding carboxylic acids is 1. The molecule has 0 aromatic carbocycles. The third kappa shape index (κ3) is 3.76. The third-order valence-corrected chi connectivity index (χ3v) is 2.90. The van der Waals surface area contributed by atoms with Gasteiger partial charge in [0.15, 0.2) is 0 Å². The summed E-state index contributed by atoms with van der Waals surface area (Å²) in [6.45, 7) is 5.71. The molecule has 1 amide bonds. The molecule has 2 atom stereocenters. The molecule has 1 fully saturated rings. The smallest absolute Gasteiger partial charge is 0.225 e. The third-order valence-electron chi connectivity index (χ3n) is 2.90. The number of rotatable bonds is 5. The minimum absolute atomic E-state index is 0.0972. The zero-order chi connectivity index (χ0) is 12.3. The van der Waals surface area contributed by atoms with Crippen molar-refractivity contribution in [2.24, 2.45) is 5.92 Å². The van der Waals surface area contributed by atoms with Crippen LogP contribution in [0, 0.1) is 5.92 Å². The summed E-state index contributed by atoms with van der Waals surface area (Å²) in [5.74, 6) is 0.662. The topological polar surface area (TPSA) is 43.8 Å². The van der Waals surface area contributed by atoms with E-state index in [1.807, 2.05) is 19.0 Å². The molecule has 0 saturated carbocycles. The SMILES string of the molecule is CC(C)CC(CN(C)C)N1CC(O)CC1=O. The Morgan fingerprint density at radius 2 is 2.12 bits per heavy atom. The molecule has 4 nitrogen and oxygen atoms in total. The van der Waals surface area contributed by atoms with Gasteiger partial charge in [-0.3, -0.25) is 4.79 Å². The average Bonchev–Trinajstić information content (AvgIpc) is 2.42. The second-order valence-corrected chi connectivity index (χ2v) is 5.45. The largest absolute Gasteiger partial charge is 0.391 e. The molecule has 0 radical (unpaired) electrons. The van der Waals surface area contributed by atoms with Crippen LogP contribution in [-0.2, 0) is 4.79 Å². The Labute approximate surface area is 98.2 Å². The Balaban J connectivity index is 2.64. The van der Waals surface area contributed by atoms with Crippen molar-refractivity contribution in [3.8, 4) is 0 Å². The summed E-state index contributed by atoms with van der Waals surface area (Å²) >= 11 is 0. The van der Waals surface area contributed by atoms with Gasteiger partial charge in [0.05, 0.1) is 12.5 Å². The molecule has 0 aromatic rings. The van der Waals surface area contributed by atoms with Gasteiger partial charge in [0.1, 0.15) is 0 Å². The van der Waals surface area contributed by atoms with Gasteiger partial charge < -0.3 is 14.9 Å². The van der Waals surface area contributed by atoms with Crippen molar-refractivity contribution in [3.05, 3.63) is 0 Å². The molecule has 16 heavy (non-hydrogen) atoms. The van der Waals surface area contributed by atoms with Crippen LogP contribution in [0.1, 0.15) is 26.7 Å². The molecule has 1 aliphatic rings. The molecule has 1 rings (SSSR count). The predicted molar refractivity (Wildman–Crippen MR) is 64.1 cm³/mol. The molecular formula is C12H24N2O2. The zero-order valence-electron chi connectivity index (χ0n) is 10.8. The predicted octanol–water partition coefficient (Wildman–Crippen LogP) is 0.556. The van der Waals surface area contributed by atoms with Crippen molar-refractivity contribution < 1.29 is 9.90 Å². The number of hydrogen-bond donors (Lipinski definition) is 1. The normalized spacial score (nSPS) is 23.6. The summed E-state index contributed by atoms with van der Waals surface area (Å²) < 4.78 is 0. The highest BCUT2D eigenvalue weighted by atomic mass is 16.3. The Morgan fingerprint density at radius 3 is 2.50 bits per heavy atom. The summed E-state index contributed by atoms with van der Waals surface area (Å²) in [5, 5.41) is 9.51. The van der Waals surface area contributed by atoms with E-state index in [1.165, 1.54) is 0 Å². The second kappa shape index (κ2) is 5.64. The van der Waals surface area contributed by atoms with Crippen molar-refractivity contribution >= 4 is 5.91 Å². The van der Waals surface area contributed by atoms with Crippen LogP contribution in [0.5, 0.6) is 0 Å². The van der Waals surface area contributed by atoms with E-state index < -0.39 is 6.10 Å². The highest BCUT2D eigenvalue weighted by molar-refractivity contribution is 5.79. The van der Waals surface area contributed by atoms with Crippen LogP contribution in [0.3, 0.4) is 0 Å². The number of amides is 1. The molecule has 2 unspecified atom stereocenters. The second-order valence-electron chi connectivity index (χ2n) is 5.45. The number of β-amino-alcohol motifs (C(OH)–C–C–N with tert-alkyl or cyclic N) is 1. The molecule has 0 aliphatic carbocycles. The maximum Gasteiger partial charge on any atom is 0.225 e. The van der Waals surface area contributed by atoms with E-state index in [2.05, 4.69) is 18.7 Å². The van der Waals surface area contributed by atoms with Crippen molar-refractivity contribution in [1.29, 1.82) is 0 Å². The fourth-order valence-electron chi connectivity index (χ4n) is 2.33. The zero-order valence-corrected chi connectivity index (χ0v) is 10.8. The van der Waals surface area contributed by atoms with Crippen molar-refractivity contribution in [2.45, 2.75) is 38.8 Å². The van der Waals surface area contributed by atoms with Gasteiger partial charge in [0.2, 0.25) is 5.91 Å². The summed E-state index contributed by atoms with van der Waals surface area (Å²) in [6.07, 6.45) is 0.822. The van der Waals surface area contributed by atoms with Gasteiger partial charge in [-0.15, -0.1) is 0 Å². The van der Waals surface area contributed by atoms with E-state index in [9.17, 15) is 9.90 Å². The van der Waals surface area contributed by atoms with E-state index in [0.29, 0.717) is 18.9 Å². The summed E-state index contributed by atoms with van der Waals surface area (Å²) in [7, 11) is 4.04. The van der Waals surface area contributed by atoms with Gasteiger partial charge in [0, 0.05) is 19.1 Å². The molecule has 94 valence electrons. The van der Waals surface area contributed by atoms with Gasteiger partial charge in [-0.05, 0) is 26.4 Å². The number of aliphatic hydroxyl groups is 1. The average molecular weight is 228 g/mol. The van der Waals surface area contributed by atoms with E-state index in [-0.39, 0.29) is 11.9 Å². The molecule has 1 heterocycles. The number of nitrogens with zero attached hydrogens (tertiary/aromatic N) is 2. The van der Waals surface area contributed by atoms with Gasteiger partial charge in [0.25, 0.3) is 0 Å². The number of hydrogen-bond acceptors (Lipinski definition) is 3. The van der Waals surface area contributed by atoms with Crippen molar-refractivity contribution in [2.75, 3.05) is 27.2 Å². The monoisotopic (exact) mass is 228 g/mol. The van der Waals surface area contributed by atoms with Crippen LogP contribution in [0.4, 0.5) is 0 Å². The molecule has 4 heteroatoms. The van der Waals surface area contributed by atoms with E-state index in [4.69, 9.17) is 0 Å². The summed E-state index contributed by atoms with van der Waals surface area (Å²) in [5.41, 5.74) is 0. The first-order valence-electron chi connectivity index (χ1n) is 6.02. The minimum Gasteiger partial charge on any atom is -0.391 e. The Bertz CT molecular complexity index is 231. The lowest BCUT2D eigenvalue weighted by Gasteiger charge is -2.31. The highest BCUT2D eigenvalue weighted by Gasteiger charge is 2.33. The molecular weight excluding hydrogens is 204 g/mol. The standard InChI is InChI=1S/C12H24N2O2/c1-9(2)5-10(7-13(3)4)14-8-11(15)6-12(14)16/h9-11,15H,5-8H2,1-4H3. The Morgan fingerprint density at radius 1 is 1.50 bits per heavy atom. The van der Waals surface area contributed by atoms with Gasteiger partial charge in [-0.25, -0.2) is 0 Å². The quantitative estimate of drug-likeness (QED) is 0.747. The van der Waals surface area contributed by atoms with Crippen molar-refractivity contribution in [1.82, 2.24) is 9.80 Å². The highest BCUT2D eigenvalue weighted by Crippen LogP contribution is 2.19. The summed E-state index contributed by atoms with van der Waals surface area (Å²) in [6, 6.07) is 0.236. The minimum atomic E-state index is -0.468. The maximum atomic E-state index is 11.7. The lowest BCUT2D eigenvalue weighted by molar-refractivity contribution is -0.130. The number of likely N-dealkylation sites (N-methyl/N-ethyl adjacent to an activating group) is 1. The lowest BCUT2D eigenvalue weighted by Crippen LogP contribution is -2.44. The van der Waals surface area contributed by atoms with Crippen molar-refractivity contribution in [3.63, 3.8) is 0 Å². The van der Waals surface area contributed by atoms with Crippen LogP contribution in [-0.4, -0.2) is 60.1 Å². The molecule has 1 aliphatic heterocycles. The maximum absolute atomic E-state index is 11.7. The molecule has 0 spiro atoms. The molecule has 0 bridgehead atoms. The molecule has 1 N–H and O–H groups in total. The summed E-state index contributed by atoms with van der Waals surface area (Å²) in [4.78, 5) is 15.7. The van der Waals surface area contributed by atoms with Gasteiger partial charge in [-0.1, -0.05) is 13.8 Å². The van der Waals surface area contributed by atoms with E-state index >= 15 is 0 Å². The first kappa shape index (κ1) is 13.5. The lowest BCUT2D eigenvalue weighted by atomic mass is 10.0. The number of carbonyl (C=O) groups is 1. The Hall–Kier alpha value is -0.610. The van der Waals surface area contributed by atoms with E-state index in [1.54, 1.807) is 0 Å². The molecule has 0 aromatic heterocycles. The van der Waals surface area contributed by atoms with Crippen LogP contribution in [0.25, 0.3) is 0 Å². The number of likely N-dealkylation sites (tertiary alicyclic amines) is 1. The fourth-order valence-corrected chi connectivity index (χ4v) is 2.33. The van der Waals surface area contributed by atoms with E-state index in [0.717, 1.165) is 13.0 Å². The van der Waals surface area contributed by atoms with Crippen LogP contribution in [0.2, 0.25) is 0 Å². The first-order chi connectivity index (χ1) is 7.40. The Kier molecular flexibility index (Phi) is 4.74.